The van der Waals surface area contributed by atoms with Crippen molar-refractivity contribution in [3.05, 3.63) is 0 Å². The van der Waals surface area contributed by atoms with Crippen molar-refractivity contribution < 1.29 is 19.4 Å². The zero-order valence-corrected chi connectivity index (χ0v) is 11.1. The number of morpholine rings is 1. The van der Waals surface area contributed by atoms with Crippen LogP contribution in [0.4, 0.5) is 4.79 Å². The fourth-order valence-electron chi connectivity index (χ4n) is 2.73. The van der Waals surface area contributed by atoms with Crippen molar-refractivity contribution in [2.24, 2.45) is 0 Å². The largest absolute Gasteiger partial charge is 0.481 e. The van der Waals surface area contributed by atoms with Crippen LogP contribution in [0.15, 0.2) is 0 Å². The van der Waals surface area contributed by atoms with Gasteiger partial charge in [-0.15, -0.1) is 0 Å². The molecule has 0 radical (unpaired) electrons. The topological polar surface area (TPSA) is 78.9 Å². The summed E-state index contributed by atoms with van der Waals surface area (Å²) in [6, 6.07) is 0.201. The number of nitrogens with zero attached hydrogens (tertiary/aromatic N) is 1. The number of hydrogen-bond donors (Lipinski definition) is 2. The first kappa shape index (κ1) is 14.1. The minimum absolute atomic E-state index is 0.0484. The molecular weight excluding hydrogens is 248 g/mol. The maximum atomic E-state index is 12.1. The van der Waals surface area contributed by atoms with Crippen LogP contribution in [0.25, 0.3) is 0 Å². The molecule has 1 saturated heterocycles. The lowest BCUT2D eigenvalue weighted by Crippen LogP contribution is -2.52. The van der Waals surface area contributed by atoms with Crippen LogP contribution < -0.4 is 5.32 Å². The van der Waals surface area contributed by atoms with Crippen molar-refractivity contribution in [1.82, 2.24) is 10.2 Å². The van der Waals surface area contributed by atoms with Crippen molar-refractivity contribution in [2.75, 3.05) is 19.7 Å². The van der Waals surface area contributed by atoms with E-state index in [1.165, 1.54) is 19.3 Å². The molecule has 0 aromatic carbocycles. The third-order valence-electron chi connectivity index (χ3n) is 3.76. The number of amides is 2. The molecule has 2 aliphatic rings. The zero-order valence-electron chi connectivity index (χ0n) is 11.1. The summed E-state index contributed by atoms with van der Waals surface area (Å²) in [4.78, 5) is 24.4. The molecule has 2 amide bonds. The lowest BCUT2D eigenvalue weighted by atomic mass is 9.96. The number of rotatable bonds is 3. The quantitative estimate of drug-likeness (QED) is 0.807. The Hall–Kier alpha value is -1.30. The molecule has 6 heteroatoms. The smallest absolute Gasteiger partial charge is 0.317 e. The normalized spacial score (nSPS) is 25.1. The van der Waals surface area contributed by atoms with Crippen molar-refractivity contribution in [1.29, 1.82) is 0 Å². The maximum absolute atomic E-state index is 12.1. The number of hydrogen-bond acceptors (Lipinski definition) is 3. The van der Waals surface area contributed by atoms with Crippen LogP contribution in [0.5, 0.6) is 0 Å². The van der Waals surface area contributed by atoms with E-state index in [1.54, 1.807) is 4.90 Å². The fraction of sp³-hybridized carbons (Fsp3) is 0.846. The van der Waals surface area contributed by atoms with Gasteiger partial charge < -0.3 is 20.1 Å². The second-order valence-corrected chi connectivity index (χ2v) is 5.32. The molecule has 0 spiro atoms. The predicted octanol–water partition coefficient (Wildman–Crippen LogP) is 1.20. The van der Waals surface area contributed by atoms with Gasteiger partial charge in [0.05, 0.1) is 19.1 Å². The first-order valence-electron chi connectivity index (χ1n) is 7.04. The average molecular weight is 270 g/mol. The number of urea groups is 1. The van der Waals surface area contributed by atoms with E-state index in [0.29, 0.717) is 19.7 Å². The van der Waals surface area contributed by atoms with Gasteiger partial charge in [0.15, 0.2) is 0 Å². The first-order chi connectivity index (χ1) is 9.15. The van der Waals surface area contributed by atoms with Gasteiger partial charge in [0.25, 0.3) is 0 Å². The van der Waals surface area contributed by atoms with Crippen LogP contribution in [-0.4, -0.2) is 53.8 Å². The molecule has 2 fully saturated rings. The Bertz CT molecular complexity index is 329. The summed E-state index contributed by atoms with van der Waals surface area (Å²) >= 11 is 0. The number of carboxylic acids is 1. The zero-order chi connectivity index (χ0) is 13.7. The number of carboxylic acid groups (broad SMARTS) is 1. The van der Waals surface area contributed by atoms with Gasteiger partial charge in [-0.1, -0.05) is 19.3 Å². The summed E-state index contributed by atoms with van der Waals surface area (Å²) < 4.78 is 5.36. The minimum atomic E-state index is -0.889. The Morgan fingerprint density at radius 3 is 2.68 bits per heavy atom. The van der Waals surface area contributed by atoms with Gasteiger partial charge in [-0.25, -0.2) is 4.79 Å². The van der Waals surface area contributed by atoms with E-state index in [4.69, 9.17) is 9.84 Å². The summed E-state index contributed by atoms with van der Waals surface area (Å²) in [5, 5.41) is 11.8. The van der Waals surface area contributed by atoms with E-state index in [1.807, 2.05) is 0 Å². The molecule has 2 rings (SSSR count). The number of carbonyl (C=O) groups is 2. The molecule has 1 atom stereocenters. The van der Waals surface area contributed by atoms with Crippen LogP contribution in [0.3, 0.4) is 0 Å². The van der Waals surface area contributed by atoms with Gasteiger partial charge in [0.2, 0.25) is 0 Å². The van der Waals surface area contributed by atoms with Crippen LogP contribution in [0.2, 0.25) is 0 Å². The standard InChI is InChI=1S/C13H22N2O4/c16-12(17)8-11-9-15(6-7-19-11)13(18)14-10-4-2-1-3-5-10/h10-11H,1-9H2,(H,14,18)(H,16,17). The molecule has 1 unspecified atom stereocenters. The van der Waals surface area contributed by atoms with Crippen molar-refractivity contribution in [2.45, 2.75) is 50.7 Å². The van der Waals surface area contributed by atoms with E-state index in [2.05, 4.69) is 5.32 Å². The van der Waals surface area contributed by atoms with E-state index in [0.717, 1.165) is 12.8 Å². The van der Waals surface area contributed by atoms with Crippen LogP contribution >= 0.6 is 0 Å². The van der Waals surface area contributed by atoms with Gasteiger partial charge in [-0.3, -0.25) is 4.79 Å². The Morgan fingerprint density at radius 2 is 2.00 bits per heavy atom. The molecule has 0 aromatic rings. The molecule has 1 heterocycles. The highest BCUT2D eigenvalue weighted by atomic mass is 16.5. The number of nitrogens with one attached hydrogen (secondary N) is 1. The Morgan fingerprint density at radius 1 is 1.26 bits per heavy atom. The molecule has 1 saturated carbocycles. The summed E-state index contributed by atoms with van der Waals surface area (Å²) in [6.45, 7) is 1.32. The highest BCUT2D eigenvalue weighted by Crippen LogP contribution is 2.18. The molecule has 1 aliphatic heterocycles. The number of aliphatic carboxylic acids is 1. The van der Waals surface area contributed by atoms with Crippen molar-refractivity contribution in [3.63, 3.8) is 0 Å². The Kier molecular flexibility index (Phi) is 5.01. The van der Waals surface area contributed by atoms with Crippen LogP contribution in [-0.2, 0) is 9.53 Å². The molecule has 2 N–H and O–H groups in total. The Balaban J connectivity index is 1.79. The van der Waals surface area contributed by atoms with E-state index in [-0.39, 0.29) is 24.6 Å². The highest BCUT2D eigenvalue weighted by molar-refractivity contribution is 5.75. The second-order valence-electron chi connectivity index (χ2n) is 5.32. The molecule has 1 aliphatic carbocycles. The summed E-state index contributed by atoms with van der Waals surface area (Å²) in [6.07, 6.45) is 5.27. The lowest BCUT2D eigenvalue weighted by Gasteiger charge is -2.34. The minimum Gasteiger partial charge on any atom is -0.481 e. The molecule has 19 heavy (non-hydrogen) atoms. The highest BCUT2D eigenvalue weighted by Gasteiger charge is 2.27. The van der Waals surface area contributed by atoms with Gasteiger partial charge in [-0.2, -0.15) is 0 Å². The molecule has 6 nitrogen and oxygen atoms in total. The molecule has 0 aromatic heterocycles. The summed E-state index contributed by atoms with van der Waals surface area (Å²) in [7, 11) is 0. The van der Waals surface area contributed by atoms with E-state index >= 15 is 0 Å². The predicted molar refractivity (Wildman–Crippen MR) is 69.0 cm³/mol. The summed E-state index contributed by atoms with van der Waals surface area (Å²) in [5.41, 5.74) is 0. The fourth-order valence-corrected chi connectivity index (χ4v) is 2.73. The summed E-state index contributed by atoms with van der Waals surface area (Å²) in [5.74, 6) is -0.889. The monoisotopic (exact) mass is 270 g/mol. The SMILES string of the molecule is O=C(O)CC1CN(C(=O)NC2CCCCC2)CCO1. The third-order valence-corrected chi connectivity index (χ3v) is 3.76. The number of carbonyl (C=O) groups excluding carboxylic acids is 1. The lowest BCUT2D eigenvalue weighted by molar-refractivity contribution is -0.141. The van der Waals surface area contributed by atoms with Crippen molar-refractivity contribution >= 4 is 12.0 Å². The van der Waals surface area contributed by atoms with Gasteiger partial charge in [0.1, 0.15) is 0 Å². The van der Waals surface area contributed by atoms with E-state index < -0.39 is 5.97 Å². The Labute approximate surface area is 113 Å². The maximum Gasteiger partial charge on any atom is 0.317 e. The second kappa shape index (κ2) is 6.75. The average Bonchev–Trinajstić information content (AvgIpc) is 2.39. The number of ether oxygens (including phenoxy) is 1. The molecule has 108 valence electrons. The van der Waals surface area contributed by atoms with Crippen molar-refractivity contribution in [3.8, 4) is 0 Å². The molecular formula is C13H22N2O4. The van der Waals surface area contributed by atoms with Gasteiger partial charge in [0, 0.05) is 19.1 Å². The third kappa shape index (κ3) is 4.38. The van der Waals surface area contributed by atoms with Gasteiger partial charge in [-0.05, 0) is 12.8 Å². The van der Waals surface area contributed by atoms with Crippen LogP contribution in [0.1, 0.15) is 38.5 Å². The van der Waals surface area contributed by atoms with Crippen LogP contribution in [0, 0.1) is 0 Å². The first-order valence-corrected chi connectivity index (χ1v) is 7.04. The van der Waals surface area contributed by atoms with Gasteiger partial charge >= 0.3 is 12.0 Å². The molecule has 0 bridgehead atoms. The van der Waals surface area contributed by atoms with E-state index in [9.17, 15) is 9.59 Å².